The van der Waals surface area contributed by atoms with Crippen LogP contribution in [0.2, 0.25) is 0 Å². The topological polar surface area (TPSA) is 38.9 Å². The van der Waals surface area contributed by atoms with Gasteiger partial charge in [-0.1, -0.05) is 18.2 Å². The van der Waals surface area contributed by atoms with Crippen molar-refractivity contribution in [1.29, 1.82) is 0 Å². The summed E-state index contributed by atoms with van der Waals surface area (Å²) >= 11 is 0. The van der Waals surface area contributed by atoms with Crippen molar-refractivity contribution >= 4 is 5.82 Å². The molecule has 3 rings (SSSR count). The SMILES string of the molecule is Cc1cc(-c2ccc3c(c2)CCCC3)cnc1N. The molecular weight excluding hydrogens is 220 g/mol. The van der Waals surface area contributed by atoms with Crippen LogP contribution in [0.25, 0.3) is 11.1 Å². The van der Waals surface area contributed by atoms with Crippen molar-refractivity contribution in [2.75, 3.05) is 5.73 Å². The lowest BCUT2D eigenvalue weighted by atomic mass is 9.89. The minimum Gasteiger partial charge on any atom is -0.383 e. The molecule has 0 aliphatic heterocycles. The standard InChI is InChI=1S/C16H18N2/c1-11-8-15(10-18-16(11)17)14-7-6-12-4-2-3-5-13(12)9-14/h6-10H,2-5H2,1H3,(H2,17,18). The second-order valence-corrected chi connectivity index (χ2v) is 5.12. The second kappa shape index (κ2) is 4.45. The first kappa shape index (κ1) is 11.3. The summed E-state index contributed by atoms with van der Waals surface area (Å²) in [7, 11) is 0. The number of nitrogens with two attached hydrogens (primary N) is 1. The van der Waals surface area contributed by atoms with Crippen LogP contribution in [0.1, 0.15) is 29.5 Å². The van der Waals surface area contributed by atoms with E-state index in [1.165, 1.54) is 42.4 Å². The molecule has 0 saturated carbocycles. The first-order valence-corrected chi connectivity index (χ1v) is 6.58. The molecule has 1 aromatic heterocycles. The number of anilines is 1. The van der Waals surface area contributed by atoms with Crippen LogP contribution in [-0.4, -0.2) is 4.98 Å². The molecule has 0 unspecified atom stereocenters. The number of hydrogen-bond acceptors (Lipinski definition) is 2. The molecule has 0 radical (unpaired) electrons. The predicted molar refractivity (Wildman–Crippen MR) is 75.5 cm³/mol. The van der Waals surface area contributed by atoms with E-state index in [1.54, 1.807) is 0 Å². The van der Waals surface area contributed by atoms with Crippen LogP contribution in [0.15, 0.2) is 30.5 Å². The summed E-state index contributed by atoms with van der Waals surface area (Å²) in [5, 5.41) is 0. The summed E-state index contributed by atoms with van der Waals surface area (Å²) in [5.74, 6) is 0.622. The monoisotopic (exact) mass is 238 g/mol. The number of rotatable bonds is 1. The summed E-state index contributed by atoms with van der Waals surface area (Å²) in [6, 6.07) is 8.92. The zero-order valence-electron chi connectivity index (χ0n) is 10.7. The zero-order chi connectivity index (χ0) is 12.5. The quantitative estimate of drug-likeness (QED) is 0.825. The third-order valence-electron chi connectivity index (χ3n) is 3.80. The maximum absolute atomic E-state index is 5.77. The summed E-state index contributed by atoms with van der Waals surface area (Å²) in [4.78, 5) is 4.24. The van der Waals surface area contributed by atoms with Gasteiger partial charge in [0.25, 0.3) is 0 Å². The highest BCUT2D eigenvalue weighted by molar-refractivity contribution is 5.66. The molecule has 0 spiro atoms. The summed E-state index contributed by atoms with van der Waals surface area (Å²) < 4.78 is 0. The number of benzene rings is 1. The van der Waals surface area contributed by atoms with E-state index in [4.69, 9.17) is 5.73 Å². The molecule has 0 fully saturated rings. The Morgan fingerprint density at radius 1 is 1.00 bits per heavy atom. The molecule has 1 aliphatic carbocycles. The molecular formula is C16H18N2. The predicted octanol–water partition coefficient (Wildman–Crippen LogP) is 3.52. The number of aromatic nitrogens is 1. The molecule has 0 bridgehead atoms. The summed E-state index contributed by atoms with van der Waals surface area (Å²) in [6.07, 6.45) is 6.95. The van der Waals surface area contributed by atoms with E-state index in [-0.39, 0.29) is 0 Å². The molecule has 1 aliphatic rings. The lowest BCUT2D eigenvalue weighted by molar-refractivity contribution is 0.686. The van der Waals surface area contributed by atoms with E-state index >= 15 is 0 Å². The Balaban J connectivity index is 2.03. The lowest BCUT2D eigenvalue weighted by Crippen LogP contribution is -2.02. The third kappa shape index (κ3) is 1.99. The number of nitrogen functional groups attached to an aromatic ring is 1. The average molecular weight is 238 g/mol. The normalized spacial score (nSPS) is 14.3. The van der Waals surface area contributed by atoms with E-state index in [2.05, 4.69) is 29.2 Å². The van der Waals surface area contributed by atoms with Gasteiger partial charge in [0.15, 0.2) is 0 Å². The van der Waals surface area contributed by atoms with E-state index in [0.717, 1.165) is 11.1 Å². The van der Waals surface area contributed by atoms with Crippen molar-refractivity contribution in [1.82, 2.24) is 4.98 Å². The van der Waals surface area contributed by atoms with Gasteiger partial charge >= 0.3 is 0 Å². The van der Waals surface area contributed by atoms with Crippen LogP contribution in [0, 0.1) is 6.92 Å². The van der Waals surface area contributed by atoms with Gasteiger partial charge in [0, 0.05) is 11.8 Å². The van der Waals surface area contributed by atoms with Gasteiger partial charge in [-0.3, -0.25) is 0 Å². The molecule has 2 nitrogen and oxygen atoms in total. The van der Waals surface area contributed by atoms with Crippen LogP contribution in [-0.2, 0) is 12.8 Å². The van der Waals surface area contributed by atoms with Gasteiger partial charge < -0.3 is 5.73 Å². The van der Waals surface area contributed by atoms with Crippen molar-refractivity contribution in [2.24, 2.45) is 0 Å². The van der Waals surface area contributed by atoms with Crippen LogP contribution in [0.4, 0.5) is 5.82 Å². The van der Waals surface area contributed by atoms with E-state index in [1.807, 2.05) is 13.1 Å². The Morgan fingerprint density at radius 3 is 2.56 bits per heavy atom. The Morgan fingerprint density at radius 2 is 1.78 bits per heavy atom. The Labute approximate surface area is 108 Å². The average Bonchev–Trinajstić information content (AvgIpc) is 2.41. The second-order valence-electron chi connectivity index (χ2n) is 5.12. The summed E-state index contributed by atoms with van der Waals surface area (Å²) in [6.45, 7) is 2.00. The number of aryl methyl sites for hydroxylation is 3. The van der Waals surface area contributed by atoms with Gasteiger partial charge in [-0.2, -0.15) is 0 Å². The van der Waals surface area contributed by atoms with Crippen molar-refractivity contribution in [2.45, 2.75) is 32.6 Å². The molecule has 1 heterocycles. The number of pyridine rings is 1. The minimum absolute atomic E-state index is 0.622. The van der Waals surface area contributed by atoms with Crippen LogP contribution in [0.5, 0.6) is 0 Å². The molecule has 18 heavy (non-hydrogen) atoms. The van der Waals surface area contributed by atoms with E-state index < -0.39 is 0 Å². The van der Waals surface area contributed by atoms with E-state index in [0.29, 0.717) is 5.82 Å². The summed E-state index contributed by atoms with van der Waals surface area (Å²) in [5.41, 5.74) is 12.3. The van der Waals surface area contributed by atoms with Gasteiger partial charge in [-0.25, -0.2) is 4.98 Å². The number of hydrogen-bond donors (Lipinski definition) is 1. The van der Waals surface area contributed by atoms with Gasteiger partial charge in [-0.15, -0.1) is 0 Å². The van der Waals surface area contributed by atoms with Crippen molar-refractivity contribution in [3.05, 3.63) is 47.2 Å². The van der Waals surface area contributed by atoms with Gasteiger partial charge in [0.05, 0.1) is 0 Å². The fourth-order valence-electron chi connectivity index (χ4n) is 2.66. The van der Waals surface area contributed by atoms with Gasteiger partial charge in [-0.05, 0) is 60.9 Å². The van der Waals surface area contributed by atoms with E-state index in [9.17, 15) is 0 Å². The highest BCUT2D eigenvalue weighted by atomic mass is 14.8. The minimum atomic E-state index is 0.622. The Kier molecular flexibility index (Phi) is 2.78. The van der Waals surface area contributed by atoms with Crippen molar-refractivity contribution in [3.63, 3.8) is 0 Å². The lowest BCUT2D eigenvalue weighted by Gasteiger charge is -2.16. The first-order valence-electron chi connectivity index (χ1n) is 6.58. The highest BCUT2D eigenvalue weighted by Crippen LogP contribution is 2.28. The van der Waals surface area contributed by atoms with Crippen LogP contribution < -0.4 is 5.73 Å². The van der Waals surface area contributed by atoms with Crippen molar-refractivity contribution < 1.29 is 0 Å². The number of nitrogens with zero attached hydrogens (tertiary/aromatic N) is 1. The molecule has 92 valence electrons. The Bertz CT molecular complexity index is 588. The van der Waals surface area contributed by atoms with Crippen LogP contribution >= 0.6 is 0 Å². The molecule has 0 saturated heterocycles. The van der Waals surface area contributed by atoms with Gasteiger partial charge in [0.1, 0.15) is 5.82 Å². The fourth-order valence-corrected chi connectivity index (χ4v) is 2.66. The Hall–Kier alpha value is -1.83. The maximum atomic E-state index is 5.77. The molecule has 0 atom stereocenters. The fraction of sp³-hybridized carbons (Fsp3) is 0.312. The maximum Gasteiger partial charge on any atom is 0.126 e. The number of fused-ring (bicyclic) bond motifs is 1. The zero-order valence-corrected chi connectivity index (χ0v) is 10.7. The van der Waals surface area contributed by atoms with Gasteiger partial charge in [0.2, 0.25) is 0 Å². The largest absolute Gasteiger partial charge is 0.383 e. The van der Waals surface area contributed by atoms with Crippen molar-refractivity contribution in [3.8, 4) is 11.1 Å². The first-order chi connectivity index (χ1) is 8.74. The molecule has 2 aromatic rings. The van der Waals surface area contributed by atoms with Crippen LogP contribution in [0.3, 0.4) is 0 Å². The molecule has 2 N–H and O–H groups in total. The molecule has 2 heteroatoms. The third-order valence-corrected chi connectivity index (χ3v) is 3.80. The molecule has 1 aromatic carbocycles. The highest BCUT2D eigenvalue weighted by Gasteiger charge is 2.10. The smallest absolute Gasteiger partial charge is 0.126 e. The molecule has 0 amide bonds.